The summed E-state index contributed by atoms with van der Waals surface area (Å²) in [4.78, 5) is 0. The Morgan fingerprint density at radius 2 is 1.52 bits per heavy atom. The van der Waals surface area contributed by atoms with Gasteiger partial charge in [0.15, 0.2) is 12.4 Å². The van der Waals surface area contributed by atoms with Crippen molar-refractivity contribution < 1.29 is 13.6 Å². The number of aromatic nitrogens is 2. The molecule has 2 atom stereocenters. The summed E-state index contributed by atoms with van der Waals surface area (Å²) in [5.74, 6) is 0.266. The van der Waals surface area contributed by atoms with E-state index in [-0.39, 0.29) is 12.0 Å². The highest BCUT2D eigenvalue weighted by Gasteiger charge is 2.48. The predicted molar refractivity (Wildman–Crippen MR) is 209 cm³/mol. The third kappa shape index (κ3) is 4.76. The van der Waals surface area contributed by atoms with Crippen LogP contribution < -0.4 is 14.3 Å². The number of hydrogen-bond donors (Lipinski definition) is 0. The van der Waals surface area contributed by atoms with Gasteiger partial charge in [0.2, 0.25) is 23.1 Å². The number of fused-ring (bicyclic) bond motifs is 13. The van der Waals surface area contributed by atoms with Crippen LogP contribution in [-0.2, 0) is 6.42 Å². The van der Waals surface area contributed by atoms with Crippen LogP contribution in [-0.4, -0.2) is 8.07 Å². The third-order valence-electron chi connectivity index (χ3n) is 11.3. The summed E-state index contributed by atoms with van der Waals surface area (Å²) in [6, 6.07) is 36.2. The second kappa shape index (κ2) is 11.2. The van der Waals surface area contributed by atoms with Gasteiger partial charge in [-0.05, 0) is 92.3 Å². The number of benzene rings is 4. The molecule has 2 aliphatic rings. The van der Waals surface area contributed by atoms with E-state index in [0.29, 0.717) is 0 Å². The molecule has 0 saturated carbocycles. The van der Waals surface area contributed by atoms with Crippen LogP contribution in [0, 0.1) is 20.8 Å². The van der Waals surface area contributed by atoms with Crippen LogP contribution in [0.15, 0.2) is 120 Å². The van der Waals surface area contributed by atoms with Crippen LogP contribution in [0.3, 0.4) is 0 Å². The van der Waals surface area contributed by atoms with Gasteiger partial charge in [-0.1, -0.05) is 85.4 Å². The van der Waals surface area contributed by atoms with Gasteiger partial charge in [0, 0.05) is 39.7 Å². The first kappa shape index (κ1) is 31.0. The maximum Gasteiger partial charge on any atom is 0.249 e. The quantitative estimate of drug-likeness (QED) is 0.133. The first-order valence-corrected chi connectivity index (χ1v) is 21.5. The molecular formula is C46H44N2OSi+2. The van der Waals surface area contributed by atoms with Gasteiger partial charge >= 0.3 is 0 Å². The summed E-state index contributed by atoms with van der Waals surface area (Å²) in [5, 5.41) is 3.82. The number of nitrogens with zero attached hydrogens (tertiary/aromatic N) is 2. The van der Waals surface area contributed by atoms with Crippen molar-refractivity contribution in [3.63, 3.8) is 0 Å². The van der Waals surface area contributed by atoms with E-state index >= 15 is 0 Å². The van der Waals surface area contributed by atoms with Crippen molar-refractivity contribution in [2.45, 2.75) is 65.2 Å². The Bertz CT molecular complexity index is 2530. The molecule has 7 aromatic rings. The van der Waals surface area contributed by atoms with Crippen LogP contribution in [0.2, 0.25) is 19.6 Å². The molecule has 246 valence electrons. The SMILES string of the molecule is C=C1C2C(CCc3ccc4c(oc5cc(-c6ccc(C)cc6)ccc54)c3-c3cccc[n+]31)c1cc(C)ccc1-c1cc(C)c([Si](C)(C)C)c[n+]12. The van der Waals surface area contributed by atoms with E-state index < -0.39 is 8.07 Å². The molecule has 0 spiro atoms. The number of aryl methyl sites for hydroxylation is 4. The molecule has 4 aromatic carbocycles. The zero-order valence-corrected chi connectivity index (χ0v) is 31.0. The second-order valence-electron chi connectivity index (χ2n) is 15.7. The van der Waals surface area contributed by atoms with Gasteiger partial charge in [-0.25, -0.2) is 0 Å². The average Bonchev–Trinajstić information content (AvgIpc) is 3.49. The van der Waals surface area contributed by atoms with E-state index in [4.69, 9.17) is 11.0 Å². The van der Waals surface area contributed by atoms with Gasteiger partial charge in [-0.3, -0.25) is 0 Å². The summed E-state index contributed by atoms with van der Waals surface area (Å²) in [5.41, 5.74) is 17.0. The molecule has 9 rings (SSSR count). The van der Waals surface area contributed by atoms with Crippen molar-refractivity contribution in [2.75, 3.05) is 0 Å². The largest absolute Gasteiger partial charge is 0.455 e. The molecule has 50 heavy (non-hydrogen) atoms. The Morgan fingerprint density at radius 1 is 0.760 bits per heavy atom. The molecule has 0 aliphatic carbocycles. The summed E-state index contributed by atoms with van der Waals surface area (Å²) >= 11 is 0. The van der Waals surface area contributed by atoms with Crippen molar-refractivity contribution in [2.24, 2.45) is 0 Å². The Labute approximate surface area is 296 Å². The van der Waals surface area contributed by atoms with E-state index in [1.165, 1.54) is 61.0 Å². The van der Waals surface area contributed by atoms with E-state index in [9.17, 15) is 0 Å². The highest BCUT2D eigenvalue weighted by molar-refractivity contribution is 6.88. The Hall–Kier alpha value is -5.06. The van der Waals surface area contributed by atoms with Crippen LogP contribution in [0.5, 0.6) is 0 Å². The first-order chi connectivity index (χ1) is 24.1. The van der Waals surface area contributed by atoms with Gasteiger partial charge < -0.3 is 4.42 Å². The molecule has 3 aromatic heterocycles. The van der Waals surface area contributed by atoms with Crippen LogP contribution in [0.1, 0.15) is 46.2 Å². The van der Waals surface area contributed by atoms with Crippen molar-refractivity contribution in [3.05, 3.63) is 144 Å². The van der Waals surface area contributed by atoms with Crippen LogP contribution >= 0.6 is 0 Å². The third-order valence-corrected chi connectivity index (χ3v) is 13.4. The summed E-state index contributed by atoms with van der Waals surface area (Å²) in [7, 11) is -1.62. The summed E-state index contributed by atoms with van der Waals surface area (Å²) < 4.78 is 11.9. The van der Waals surface area contributed by atoms with Crippen LogP contribution in [0.4, 0.5) is 0 Å². The van der Waals surface area contributed by atoms with E-state index in [2.05, 4.69) is 159 Å². The highest BCUT2D eigenvalue weighted by atomic mass is 28.3. The van der Waals surface area contributed by atoms with Crippen LogP contribution in [0.25, 0.3) is 61.3 Å². The second-order valence-corrected chi connectivity index (χ2v) is 20.7. The predicted octanol–water partition coefficient (Wildman–Crippen LogP) is 10.4. The summed E-state index contributed by atoms with van der Waals surface area (Å²) in [6.45, 7) is 19.0. The van der Waals surface area contributed by atoms with Gasteiger partial charge in [-0.2, -0.15) is 9.13 Å². The molecular weight excluding hydrogens is 625 g/mol. The molecule has 2 unspecified atom stereocenters. The standard InChI is InChI=1S/C46H44N2OSi/c1-28-11-14-32(15-12-28)34-18-20-36-38-22-17-33-16-21-37-39-24-29(2)13-19-35(39)41-25-30(3)43(50(5,6)7)27-48(41)45(37)31(4)47-23-9-8-10-40(47)44(33)46(38)49-42(36)26-34/h8-15,17-20,22-27,37,45H,4,16,21H2,1-3,5-7H3/q+2. The first-order valence-electron chi connectivity index (χ1n) is 18.0. The fourth-order valence-electron chi connectivity index (χ4n) is 8.84. The monoisotopic (exact) mass is 668 g/mol. The number of hydrogen-bond acceptors (Lipinski definition) is 1. The van der Waals surface area contributed by atoms with Crippen molar-refractivity contribution >= 4 is 40.9 Å². The molecule has 4 heteroatoms. The van der Waals surface area contributed by atoms with Gasteiger partial charge in [0.25, 0.3) is 0 Å². The zero-order valence-electron chi connectivity index (χ0n) is 30.0. The molecule has 0 bridgehead atoms. The fraction of sp³-hybridized carbons (Fsp3) is 0.217. The molecule has 0 N–H and O–H groups in total. The molecule has 2 aliphatic heterocycles. The molecule has 3 nitrogen and oxygen atoms in total. The lowest BCUT2D eigenvalue weighted by molar-refractivity contribution is -0.726. The Kier molecular flexibility index (Phi) is 6.95. The van der Waals surface area contributed by atoms with E-state index in [1.54, 1.807) is 0 Å². The minimum absolute atomic E-state index is 0.0682. The maximum atomic E-state index is 6.94. The van der Waals surface area contributed by atoms with Crippen molar-refractivity contribution in [3.8, 4) is 33.6 Å². The lowest BCUT2D eigenvalue weighted by Crippen LogP contribution is -2.56. The lowest BCUT2D eigenvalue weighted by atomic mass is 9.78. The topological polar surface area (TPSA) is 20.9 Å². The number of pyridine rings is 2. The number of furan rings is 1. The zero-order chi connectivity index (χ0) is 34.5. The average molecular weight is 669 g/mol. The highest BCUT2D eigenvalue weighted by Crippen LogP contribution is 2.47. The van der Waals surface area contributed by atoms with Gasteiger partial charge in [0.05, 0.1) is 19.6 Å². The molecule has 0 saturated heterocycles. The van der Waals surface area contributed by atoms with E-state index in [0.717, 1.165) is 46.2 Å². The van der Waals surface area contributed by atoms with Crippen molar-refractivity contribution in [1.82, 2.24) is 0 Å². The normalized spacial score (nSPS) is 16.9. The molecule has 0 amide bonds. The Balaban J connectivity index is 1.28. The fourth-order valence-corrected chi connectivity index (χ4v) is 10.6. The Morgan fingerprint density at radius 3 is 2.32 bits per heavy atom. The lowest BCUT2D eigenvalue weighted by Gasteiger charge is -2.31. The van der Waals surface area contributed by atoms with Gasteiger partial charge in [-0.15, -0.1) is 0 Å². The number of allylic oxidation sites excluding steroid dienone is 1. The maximum absolute atomic E-state index is 6.94. The number of rotatable bonds is 2. The summed E-state index contributed by atoms with van der Waals surface area (Å²) in [6.07, 6.45) is 6.66. The van der Waals surface area contributed by atoms with Gasteiger partial charge in [0.1, 0.15) is 11.2 Å². The minimum atomic E-state index is -1.62. The van der Waals surface area contributed by atoms with Crippen molar-refractivity contribution in [1.29, 1.82) is 0 Å². The van der Waals surface area contributed by atoms with E-state index in [1.807, 2.05) is 0 Å². The smallest absolute Gasteiger partial charge is 0.249 e. The molecule has 0 radical (unpaired) electrons. The minimum Gasteiger partial charge on any atom is -0.455 e. The molecule has 5 heterocycles. The molecule has 0 fully saturated rings.